The van der Waals surface area contributed by atoms with Gasteiger partial charge in [-0.3, -0.25) is 4.79 Å². The highest BCUT2D eigenvalue weighted by Gasteiger charge is 2.28. The van der Waals surface area contributed by atoms with Crippen LogP contribution in [0.3, 0.4) is 0 Å². The monoisotopic (exact) mass is 306 g/mol. The minimum absolute atomic E-state index is 0.210. The van der Waals surface area contributed by atoms with Crippen molar-refractivity contribution in [1.29, 1.82) is 0 Å². The summed E-state index contributed by atoms with van der Waals surface area (Å²) in [7, 11) is 1.69. The number of carbonyl (C=O) groups is 1. The molecular weight excluding hydrogens is 292 g/mol. The lowest BCUT2D eigenvalue weighted by Gasteiger charge is -2.21. The lowest BCUT2D eigenvalue weighted by Crippen LogP contribution is -2.11. The molecule has 2 aromatic carbocycles. The van der Waals surface area contributed by atoms with Gasteiger partial charge in [-0.25, -0.2) is 0 Å². The molecule has 0 aliphatic heterocycles. The van der Waals surface area contributed by atoms with Crippen LogP contribution in [0.1, 0.15) is 15.2 Å². The van der Waals surface area contributed by atoms with Crippen LogP contribution in [0.25, 0.3) is 22.3 Å². The molecule has 1 heterocycles. The number of Topliss-reactive ketones (excluding diaryl/α,β-unsaturated/α-hetero) is 1. The number of hydrogen-bond acceptors (Lipinski definition) is 3. The Hall–Kier alpha value is -2.39. The largest absolute Gasteiger partial charge is 0.496 e. The fraction of sp³-hybridized carbons (Fsp3) is 0.105. The van der Waals surface area contributed by atoms with Gasteiger partial charge in [-0.2, -0.15) is 0 Å². The van der Waals surface area contributed by atoms with Crippen LogP contribution in [0, 0.1) is 0 Å². The third kappa shape index (κ3) is 1.90. The SMILES string of the molecule is COc1ccc2c(c1-c1ccccc1)-c1ccsc1C(=O)C2. The van der Waals surface area contributed by atoms with Crippen molar-refractivity contribution in [3.8, 4) is 28.0 Å². The second kappa shape index (κ2) is 5.11. The maximum atomic E-state index is 12.3. The molecule has 0 saturated heterocycles. The molecule has 2 nitrogen and oxygen atoms in total. The predicted octanol–water partition coefficient (Wildman–Crippen LogP) is 4.83. The first-order chi connectivity index (χ1) is 10.8. The standard InChI is InChI=1S/C19H14O2S/c1-21-16-8-7-13-11-15(20)19-14(9-10-22-19)17(13)18(16)12-5-3-2-4-6-12/h2-10H,11H2,1H3. The summed E-state index contributed by atoms with van der Waals surface area (Å²) in [6, 6.07) is 16.2. The van der Waals surface area contributed by atoms with Gasteiger partial charge in [-0.05, 0) is 34.2 Å². The second-order valence-corrected chi connectivity index (χ2v) is 6.22. The number of fused-ring (bicyclic) bond motifs is 3. The van der Waals surface area contributed by atoms with Gasteiger partial charge in [0.2, 0.25) is 0 Å². The summed E-state index contributed by atoms with van der Waals surface area (Å²) in [5, 5.41) is 1.99. The first-order valence-corrected chi connectivity index (χ1v) is 8.04. The fourth-order valence-corrected chi connectivity index (χ4v) is 3.96. The van der Waals surface area contributed by atoms with Crippen LogP contribution < -0.4 is 4.74 Å². The van der Waals surface area contributed by atoms with Crippen molar-refractivity contribution < 1.29 is 9.53 Å². The Bertz CT molecular complexity index is 862. The Labute approximate surface area is 133 Å². The number of benzene rings is 2. The third-order valence-electron chi connectivity index (χ3n) is 4.07. The molecular formula is C19H14O2S. The average Bonchev–Trinajstić information content (AvgIpc) is 3.05. The van der Waals surface area contributed by atoms with Crippen molar-refractivity contribution >= 4 is 17.1 Å². The quantitative estimate of drug-likeness (QED) is 0.678. The number of methoxy groups -OCH3 is 1. The fourth-order valence-electron chi connectivity index (χ4n) is 3.12. The first-order valence-electron chi connectivity index (χ1n) is 7.16. The molecule has 1 aliphatic rings. The summed E-state index contributed by atoms with van der Waals surface area (Å²) in [4.78, 5) is 13.1. The summed E-state index contributed by atoms with van der Waals surface area (Å²) in [5.41, 5.74) is 5.45. The zero-order valence-electron chi connectivity index (χ0n) is 12.1. The molecule has 0 N–H and O–H groups in total. The van der Waals surface area contributed by atoms with Crippen LogP contribution in [0.4, 0.5) is 0 Å². The molecule has 108 valence electrons. The Kier molecular flexibility index (Phi) is 3.09. The van der Waals surface area contributed by atoms with Gasteiger partial charge in [-0.15, -0.1) is 11.3 Å². The van der Waals surface area contributed by atoms with Crippen molar-refractivity contribution in [2.45, 2.75) is 6.42 Å². The molecule has 0 spiro atoms. The van der Waals surface area contributed by atoms with Crippen molar-refractivity contribution in [3.63, 3.8) is 0 Å². The van der Waals surface area contributed by atoms with E-state index in [1.165, 1.54) is 11.3 Å². The number of rotatable bonds is 2. The van der Waals surface area contributed by atoms with Gasteiger partial charge in [0.25, 0.3) is 0 Å². The zero-order chi connectivity index (χ0) is 15.1. The number of hydrogen-bond donors (Lipinski definition) is 0. The van der Waals surface area contributed by atoms with E-state index < -0.39 is 0 Å². The smallest absolute Gasteiger partial charge is 0.177 e. The van der Waals surface area contributed by atoms with Crippen molar-refractivity contribution in [2.24, 2.45) is 0 Å². The molecule has 0 bridgehead atoms. The molecule has 1 aromatic heterocycles. The van der Waals surface area contributed by atoms with E-state index in [1.54, 1.807) is 7.11 Å². The van der Waals surface area contributed by atoms with Crippen molar-refractivity contribution in [2.75, 3.05) is 7.11 Å². The van der Waals surface area contributed by atoms with E-state index in [0.29, 0.717) is 6.42 Å². The van der Waals surface area contributed by atoms with Gasteiger partial charge >= 0.3 is 0 Å². The summed E-state index contributed by atoms with van der Waals surface area (Å²) in [6.07, 6.45) is 0.465. The zero-order valence-corrected chi connectivity index (χ0v) is 12.9. The molecule has 0 saturated carbocycles. The predicted molar refractivity (Wildman–Crippen MR) is 89.8 cm³/mol. The van der Waals surface area contributed by atoms with Crippen LogP contribution >= 0.6 is 11.3 Å². The Morgan fingerprint density at radius 3 is 2.59 bits per heavy atom. The summed E-state index contributed by atoms with van der Waals surface area (Å²) in [5.74, 6) is 1.05. The van der Waals surface area contributed by atoms with E-state index in [1.807, 2.05) is 41.8 Å². The molecule has 0 amide bonds. The molecule has 22 heavy (non-hydrogen) atoms. The van der Waals surface area contributed by atoms with E-state index in [-0.39, 0.29) is 5.78 Å². The maximum Gasteiger partial charge on any atom is 0.177 e. The first kappa shape index (κ1) is 13.3. The van der Waals surface area contributed by atoms with E-state index >= 15 is 0 Å². The number of carbonyl (C=O) groups excluding carboxylic acids is 1. The molecule has 0 atom stereocenters. The Morgan fingerprint density at radius 2 is 1.82 bits per heavy atom. The van der Waals surface area contributed by atoms with E-state index in [4.69, 9.17) is 4.74 Å². The number of ketones is 1. The maximum absolute atomic E-state index is 12.3. The second-order valence-electron chi connectivity index (χ2n) is 5.31. The third-order valence-corrected chi connectivity index (χ3v) is 5.03. The average molecular weight is 306 g/mol. The minimum Gasteiger partial charge on any atom is -0.496 e. The summed E-state index contributed by atoms with van der Waals surface area (Å²) >= 11 is 1.52. The van der Waals surface area contributed by atoms with E-state index in [0.717, 1.165) is 38.4 Å². The van der Waals surface area contributed by atoms with Gasteiger partial charge in [0, 0.05) is 17.5 Å². The van der Waals surface area contributed by atoms with Crippen LogP contribution in [0.2, 0.25) is 0 Å². The van der Waals surface area contributed by atoms with Crippen LogP contribution in [-0.2, 0) is 6.42 Å². The summed E-state index contributed by atoms with van der Waals surface area (Å²) in [6.45, 7) is 0. The Morgan fingerprint density at radius 1 is 1.00 bits per heavy atom. The highest BCUT2D eigenvalue weighted by atomic mass is 32.1. The number of thiophene rings is 1. The minimum atomic E-state index is 0.210. The lowest BCUT2D eigenvalue weighted by molar-refractivity contribution is 0.0996. The van der Waals surface area contributed by atoms with Crippen LogP contribution in [-0.4, -0.2) is 12.9 Å². The highest BCUT2D eigenvalue weighted by Crippen LogP contribution is 2.46. The van der Waals surface area contributed by atoms with Gasteiger partial charge in [0.05, 0.1) is 12.0 Å². The topological polar surface area (TPSA) is 26.3 Å². The lowest BCUT2D eigenvalue weighted by atomic mass is 9.84. The molecule has 0 fully saturated rings. The van der Waals surface area contributed by atoms with Crippen molar-refractivity contribution in [1.82, 2.24) is 0 Å². The van der Waals surface area contributed by atoms with Crippen LogP contribution in [0.5, 0.6) is 5.75 Å². The molecule has 4 rings (SSSR count). The number of ether oxygens (including phenoxy) is 1. The molecule has 0 unspecified atom stereocenters. The molecule has 3 aromatic rings. The Balaban J connectivity index is 2.08. The summed E-state index contributed by atoms with van der Waals surface area (Å²) < 4.78 is 5.60. The molecule has 1 aliphatic carbocycles. The molecule has 3 heteroatoms. The normalized spacial score (nSPS) is 12.7. The van der Waals surface area contributed by atoms with Gasteiger partial charge in [-0.1, -0.05) is 36.4 Å². The molecule has 0 radical (unpaired) electrons. The van der Waals surface area contributed by atoms with Gasteiger partial charge in [0.15, 0.2) is 5.78 Å². The van der Waals surface area contributed by atoms with Gasteiger partial charge in [0.1, 0.15) is 5.75 Å². The van der Waals surface area contributed by atoms with Crippen molar-refractivity contribution in [3.05, 3.63) is 64.4 Å². The van der Waals surface area contributed by atoms with Crippen LogP contribution in [0.15, 0.2) is 53.9 Å². The van der Waals surface area contributed by atoms with E-state index in [9.17, 15) is 4.79 Å². The highest BCUT2D eigenvalue weighted by molar-refractivity contribution is 7.12. The van der Waals surface area contributed by atoms with Gasteiger partial charge < -0.3 is 4.74 Å². The van der Waals surface area contributed by atoms with E-state index in [2.05, 4.69) is 12.1 Å².